The quantitative estimate of drug-likeness (QED) is 0.0264. The molecule has 0 heterocycles. The first-order valence-electron chi connectivity index (χ1n) is 24.4. The molecular formula is C55H88O6. The van der Waals surface area contributed by atoms with E-state index < -0.39 is 6.10 Å². The van der Waals surface area contributed by atoms with E-state index in [0.717, 1.165) is 109 Å². The van der Waals surface area contributed by atoms with Gasteiger partial charge in [-0.1, -0.05) is 169 Å². The van der Waals surface area contributed by atoms with Crippen molar-refractivity contribution < 1.29 is 28.6 Å². The van der Waals surface area contributed by atoms with Crippen LogP contribution >= 0.6 is 0 Å². The summed E-state index contributed by atoms with van der Waals surface area (Å²) in [6.07, 6.45) is 65.0. The lowest BCUT2D eigenvalue weighted by atomic mass is 10.1. The molecule has 0 rings (SSSR count). The molecule has 0 spiro atoms. The Balaban J connectivity index is 4.56. The summed E-state index contributed by atoms with van der Waals surface area (Å²) >= 11 is 0. The summed E-state index contributed by atoms with van der Waals surface area (Å²) in [7, 11) is 0. The molecule has 0 aliphatic heterocycles. The van der Waals surface area contributed by atoms with Crippen LogP contribution in [-0.2, 0) is 28.6 Å². The van der Waals surface area contributed by atoms with Gasteiger partial charge in [-0.25, -0.2) is 0 Å². The van der Waals surface area contributed by atoms with Gasteiger partial charge in [0.15, 0.2) is 6.10 Å². The Morgan fingerprint density at radius 3 is 1.05 bits per heavy atom. The molecule has 1 atom stereocenters. The summed E-state index contributed by atoms with van der Waals surface area (Å²) < 4.78 is 16.7. The minimum Gasteiger partial charge on any atom is -0.462 e. The molecule has 0 aromatic heterocycles. The maximum absolute atomic E-state index is 12.8. The van der Waals surface area contributed by atoms with Crippen molar-refractivity contribution in [2.75, 3.05) is 13.2 Å². The fourth-order valence-corrected chi connectivity index (χ4v) is 6.12. The van der Waals surface area contributed by atoms with E-state index in [-0.39, 0.29) is 37.5 Å². The summed E-state index contributed by atoms with van der Waals surface area (Å²) in [5.41, 5.74) is 0. The van der Waals surface area contributed by atoms with Gasteiger partial charge in [0.2, 0.25) is 0 Å². The minimum atomic E-state index is -0.821. The van der Waals surface area contributed by atoms with Crippen molar-refractivity contribution in [2.45, 2.75) is 207 Å². The van der Waals surface area contributed by atoms with Crippen LogP contribution in [-0.4, -0.2) is 37.2 Å². The van der Waals surface area contributed by atoms with Crippen molar-refractivity contribution in [3.05, 3.63) is 109 Å². The zero-order valence-electron chi connectivity index (χ0n) is 39.1. The van der Waals surface area contributed by atoms with Gasteiger partial charge >= 0.3 is 17.9 Å². The number of rotatable bonds is 42. The first-order chi connectivity index (χ1) is 30.0. The van der Waals surface area contributed by atoms with Crippen molar-refractivity contribution in [3.63, 3.8) is 0 Å². The van der Waals surface area contributed by atoms with E-state index in [1.165, 1.54) is 38.5 Å². The number of hydrogen-bond acceptors (Lipinski definition) is 6. The molecule has 0 saturated carbocycles. The average molecular weight is 845 g/mol. The molecule has 0 radical (unpaired) electrons. The summed E-state index contributed by atoms with van der Waals surface area (Å²) in [4.78, 5) is 37.9. The van der Waals surface area contributed by atoms with Gasteiger partial charge in [0.25, 0.3) is 0 Å². The third kappa shape index (κ3) is 47.0. The van der Waals surface area contributed by atoms with Crippen LogP contribution in [0.1, 0.15) is 201 Å². The molecule has 0 aromatic rings. The fraction of sp³-hybridized carbons (Fsp3) is 0.618. The van der Waals surface area contributed by atoms with Crippen LogP contribution in [0.4, 0.5) is 0 Å². The minimum absolute atomic E-state index is 0.115. The molecule has 0 N–H and O–H groups in total. The van der Waals surface area contributed by atoms with E-state index in [4.69, 9.17) is 14.2 Å². The molecule has 0 aromatic carbocycles. The maximum Gasteiger partial charge on any atom is 0.306 e. The first kappa shape index (κ1) is 57.1. The molecule has 0 amide bonds. The fourth-order valence-electron chi connectivity index (χ4n) is 6.12. The Hall–Kier alpha value is -3.93. The maximum atomic E-state index is 12.8. The molecule has 6 nitrogen and oxygen atoms in total. The van der Waals surface area contributed by atoms with Gasteiger partial charge < -0.3 is 14.2 Å². The highest BCUT2D eigenvalue weighted by molar-refractivity contribution is 5.71. The predicted octanol–water partition coefficient (Wildman–Crippen LogP) is 16.0. The van der Waals surface area contributed by atoms with E-state index in [1.807, 2.05) is 0 Å². The van der Waals surface area contributed by atoms with Gasteiger partial charge in [-0.05, 0) is 122 Å². The molecule has 61 heavy (non-hydrogen) atoms. The van der Waals surface area contributed by atoms with Crippen LogP contribution in [0.3, 0.4) is 0 Å². The van der Waals surface area contributed by atoms with Gasteiger partial charge in [0.1, 0.15) is 13.2 Å². The van der Waals surface area contributed by atoms with Gasteiger partial charge in [-0.15, -0.1) is 0 Å². The molecule has 1 unspecified atom stereocenters. The predicted molar refractivity (Wildman–Crippen MR) is 260 cm³/mol. The van der Waals surface area contributed by atoms with E-state index >= 15 is 0 Å². The van der Waals surface area contributed by atoms with Gasteiger partial charge in [0.05, 0.1) is 0 Å². The summed E-state index contributed by atoms with van der Waals surface area (Å²) in [5, 5.41) is 0. The lowest BCUT2D eigenvalue weighted by Crippen LogP contribution is -2.30. The molecular weight excluding hydrogens is 757 g/mol. The smallest absolute Gasteiger partial charge is 0.306 e. The Bertz CT molecular complexity index is 1290. The molecule has 0 bridgehead atoms. The molecule has 0 aliphatic carbocycles. The Labute approximate surface area is 374 Å². The van der Waals surface area contributed by atoms with Crippen LogP contribution in [0.2, 0.25) is 0 Å². The molecule has 0 saturated heterocycles. The summed E-state index contributed by atoms with van der Waals surface area (Å²) in [6.45, 7) is 6.29. The van der Waals surface area contributed by atoms with Crippen LogP contribution in [0.15, 0.2) is 109 Å². The Morgan fingerprint density at radius 1 is 0.344 bits per heavy atom. The summed E-state index contributed by atoms with van der Waals surface area (Å²) in [6, 6.07) is 0. The molecule has 344 valence electrons. The number of hydrogen-bond donors (Lipinski definition) is 0. The second kappa shape index (κ2) is 48.7. The number of allylic oxidation sites excluding steroid dienone is 18. The van der Waals surface area contributed by atoms with E-state index in [9.17, 15) is 14.4 Å². The Morgan fingerprint density at radius 2 is 0.639 bits per heavy atom. The van der Waals surface area contributed by atoms with Gasteiger partial charge in [0, 0.05) is 19.3 Å². The van der Waals surface area contributed by atoms with Crippen LogP contribution in [0.5, 0.6) is 0 Å². The van der Waals surface area contributed by atoms with Gasteiger partial charge in [-0.3, -0.25) is 14.4 Å². The highest BCUT2D eigenvalue weighted by atomic mass is 16.6. The molecule has 0 aliphatic rings. The number of esters is 3. The zero-order valence-corrected chi connectivity index (χ0v) is 39.1. The third-order valence-electron chi connectivity index (χ3n) is 9.74. The number of carbonyl (C=O) groups excluding carboxylic acids is 3. The second-order valence-corrected chi connectivity index (χ2v) is 15.6. The molecule has 6 heteroatoms. The largest absolute Gasteiger partial charge is 0.462 e. The highest BCUT2D eigenvalue weighted by Gasteiger charge is 2.19. The van der Waals surface area contributed by atoms with Crippen molar-refractivity contribution in [1.82, 2.24) is 0 Å². The number of unbranched alkanes of at least 4 members (excludes halogenated alkanes) is 13. The highest BCUT2D eigenvalue weighted by Crippen LogP contribution is 2.12. The summed E-state index contributed by atoms with van der Waals surface area (Å²) in [5.74, 6) is -1.02. The molecule has 0 fully saturated rings. The van der Waals surface area contributed by atoms with Crippen molar-refractivity contribution >= 4 is 17.9 Å². The zero-order chi connectivity index (χ0) is 44.4. The third-order valence-corrected chi connectivity index (χ3v) is 9.74. The number of carbonyl (C=O) groups is 3. The van der Waals surface area contributed by atoms with Crippen molar-refractivity contribution in [2.24, 2.45) is 0 Å². The van der Waals surface area contributed by atoms with E-state index in [1.54, 1.807) is 0 Å². The van der Waals surface area contributed by atoms with Crippen molar-refractivity contribution in [1.29, 1.82) is 0 Å². The Kier molecular flexibility index (Phi) is 45.6. The lowest BCUT2D eigenvalue weighted by Gasteiger charge is -2.18. The van der Waals surface area contributed by atoms with Gasteiger partial charge in [-0.2, -0.15) is 0 Å². The normalized spacial score (nSPS) is 13.0. The van der Waals surface area contributed by atoms with Crippen LogP contribution in [0.25, 0.3) is 0 Å². The van der Waals surface area contributed by atoms with E-state index in [0.29, 0.717) is 25.7 Å². The second-order valence-electron chi connectivity index (χ2n) is 15.6. The topological polar surface area (TPSA) is 78.9 Å². The van der Waals surface area contributed by atoms with E-state index in [2.05, 4.69) is 130 Å². The average Bonchev–Trinajstić information content (AvgIpc) is 3.26. The SMILES string of the molecule is CC/C=C\C/C=C\C/C=C\C/C=C\CCCCC(=O)OCC(COC(=O)CCCCCCC/C=C\CCCCCC)OC(=O)CCCC/C=C\C/C=C\C/C=C\C/C=C\CC. The van der Waals surface area contributed by atoms with Crippen LogP contribution < -0.4 is 0 Å². The standard InChI is InChI=1S/C55H88O6/c1-4-7-10-13-16-19-22-25-27-30-33-36-39-42-45-48-54(57)60-51-52(50-59-53(56)47-44-41-38-35-32-29-24-21-18-15-12-9-6-3)61-55(58)49-46-43-40-37-34-31-28-26-23-20-17-14-11-8-5-2/h7-8,10-11,16-17,19-21,24-28,33-34,36-37,52H,4-6,9,12-15,18,22-23,29-32,35,38-51H2,1-3H3/b10-7-,11-8-,19-16-,20-17-,24-21-,27-25-,28-26-,36-33-,37-34-. The lowest BCUT2D eigenvalue weighted by molar-refractivity contribution is -0.167. The number of ether oxygens (including phenoxy) is 3. The monoisotopic (exact) mass is 845 g/mol. The van der Waals surface area contributed by atoms with Crippen LogP contribution in [0, 0.1) is 0 Å². The van der Waals surface area contributed by atoms with Crippen molar-refractivity contribution in [3.8, 4) is 0 Å². The first-order valence-corrected chi connectivity index (χ1v) is 24.4.